The summed E-state index contributed by atoms with van der Waals surface area (Å²) in [6, 6.07) is 7.43. The van der Waals surface area contributed by atoms with Gasteiger partial charge >= 0.3 is 0 Å². The van der Waals surface area contributed by atoms with Gasteiger partial charge in [0.2, 0.25) is 0 Å². The highest BCUT2D eigenvalue weighted by molar-refractivity contribution is 5.30. The largest absolute Gasteiger partial charge is 0.314 e. The van der Waals surface area contributed by atoms with Crippen molar-refractivity contribution in [1.29, 1.82) is 0 Å². The average molecular weight is 247 g/mol. The molecular formula is C17H29N. The normalized spacial score (nSPS) is 13.7. The Morgan fingerprint density at radius 2 is 1.78 bits per heavy atom. The lowest BCUT2D eigenvalue weighted by atomic mass is 9.85. The summed E-state index contributed by atoms with van der Waals surface area (Å²) in [5.74, 6) is 0. The summed E-state index contributed by atoms with van der Waals surface area (Å²) in [7, 11) is 0. The van der Waals surface area contributed by atoms with Gasteiger partial charge in [0.1, 0.15) is 0 Å². The molecule has 1 nitrogen and oxygen atoms in total. The van der Waals surface area contributed by atoms with Gasteiger partial charge in [0.05, 0.1) is 0 Å². The van der Waals surface area contributed by atoms with Crippen molar-refractivity contribution >= 4 is 0 Å². The third-order valence-electron chi connectivity index (χ3n) is 3.40. The van der Waals surface area contributed by atoms with Gasteiger partial charge in [-0.3, -0.25) is 0 Å². The minimum Gasteiger partial charge on any atom is -0.314 e. The van der Waals surface area contributed by atoms with Crippen LogP contribution in [-0.2, 0) is 6.42 Å². The number of nitrogens with one attached hydrogen (secondary N) is 1. The molecule has 0 aliphatic rings. The van der Waals surface area contributed by atoms with Gasteiger partial charge in [-0.05, 0) is 55.3 Å². The summed E-state index contributed by atoms with van der Waals surface area (Å²) in [5, 5.41) is 3.62. The summed E-state index contributed by atoms with van der Waals surface area (Å²) in [6.45, 7) is 14.6. The molecule has 0 saturated heterocycles. The van der Waals surface area contributed by atoms with Gasteiger partial charge in [-0.2, -0.15) is 0 Å². The fourth-order valence-electron chi connectivity index (χ4n) is 2.46. The molecule has 0 saturated carbocycles. The summed E-state index contributed by atoms with van der Waals surface area (Å²) < 4.78 is 0. The molecule has 0 aromatic heterocycles. The first-order chi connectivity index (χ1) is 8.31. The van der Waals surface area contributed by atoms with Crippen LogP contribution in [-0.4, -0.2) is 12.6 Å². The first kappa shape index (κ1) is 15.2. The van der Waals surface area contributed by atoms with Crippen LogP contribution in [0.1, 0.15) is 50.8 Å². The minimum absolute atomic E-state index is 0.382. The maximum atomic E-state index is 3.62. The molecule has 0 aliphatic heterocycles. The second-order valence-corrected chi connectivity index (χ2v) is 6.64. The van der Waals surface area contributed by atoms with Gasteiger partial charge in [-0.25, -0.2) is 0 Å². The molecule has 1 N–H and O–H groups in total. The first-order valence-corrected chi connectivity index (χ1v) is 7.11. The van der Waals surface area contributed by atoms with Crippen molar-refractivity contribution < 1.29 is 0 Å². The summed E-state index contributed by atoms with van der Waals surface area (Å²) in [4.78, 5) is 0. The third-order valence-corrected chi connectivity index (χ3v) is 3.40. The number of aryl methyl sites for hydroxylation is 2. The Bertz CT molecular complexity index is 374. The Kier molecular flexibility index (Phi) is 5.40. The van der Waals surface area contributed by atoms with E-state index in [1.165, 1.54) is 23.1 Å². The molecule has 0 radical (unpaired) electrons. The molecule has 0 bridgehead atoms. The van der Waals surface area contributed by atoms with Crippen LogP contribution >= 0.6 is 0 Å². The van der Waals surface area contributed by atoms with Crippen LogP contribution in [0.5, 0.6) is 0 Å². The van der Waals surface area contributed by atoms with E-state index in [0.29, 0.717) is 11.5 Å². The van der Waals surface area contributed by atoms with E-state index in [2.05, 4.69) is 65.1 Å². The van der Waals surface area contributed by atoms with Crippen molar-refractivity contribution in [2.24, 2.45) is 5.41 Å². The van der Waals surface area contributed by atoms with E-state index in [-0.39, 0.29) is 0 Å². The first-order valence-electron chi connectivity index (χ1n) is 7.11. The molecule has 0 amide bonds. The van der Waals surface area contributed by atoms with Crippen molar-refractivity contribution in [3.63, 3.8) is 0 Å². The van der Waals surface area contributed by atoms with Gasteiger partial charge < -0.3 is 5.32 Å². The molecular weight excluding hydrogens is 218 g/mol. The minimum atomic E-state index is 0.382. The van der Waals surface area contributed by atoms with Crippen molar-refractivity contribution in [3.05, 3.63) is 34.9 Å². The van der Waals surface area contributed by atoms with Crippen LogP contribution in [0, 0.1) is 19.3 Å². The van der Waals surface area contributed by atoms with Crippen molar-refractivity contribution in [2.45, 2.75) is 60.4 Å². The van der Waals surface area contributed by atoms with E-state index in [1.807, 2.05) is 0 Å². The highest BCUT2D eigenvalue weighted by Gasteiger charge is 2.18. The van der Waals surface area contributed by atoms with E-state index in [9.17, 15) is 0 Å². The zero-order valence-electron chi connectivity index (χ0n) is 12.9. The lowest BCUT2D eigenvalue weighted by molar-refractivity contribution is 0.309. The second-order valence-electron chi connectivity index (χ2n) is 6.64. The average Bonchev–Trinajstić information content (AvgIpc) is 2.21. The molecule has 18 heavy (non-hydrogen) atoms. The second kappa shape index (κ2) is 6.38. The van der Waals surface area contributed by atoms with Crippen LogP contribution in [0.25, 0.3) is 0 Å². The van der Waals surface area contributed by atoms with Gasteiger partial charge in [0, 0.05) is 6.04 Å². The highest BCUT2D eigenvalue weighted by atomic mass is 14.9. The van der Waals surface area contributed by atoms with Crippen LogP contribution in [0.3, 0.4) is 0 Å². The lowest BCUT2D eigenvalue weighted by Crippen LogP contribution is -2.34. The summed E-state index contributed by atoms with van der Waals surface area (Å²) in [5.41, 5.74) is 4.62. The molecule has 1 rings (SSSR count). The maximum Gasteiger partial charge on any atom is 0.0112 e. The van der Waals surface area contributed by atoms with Gasteiger partial charge in [0.15, 0.2) is 0 Å². The van der Waals surface area contributed by atoms with Crippen molar-refractivity contribution in [1.82, 2.24) is 5.32 Å². The van der Waals surface area contributed by atoms with E-state index >= 15 is 0 Å². The van der Waals surface area contributed by atoms with Crippen molar-refractivity contribution in [3.8, 4) is 0 Å². The van der Waals surface area contributed by atoms with Gasteiger partial charge in [-0.1, -0.05) is 45.9 Å². The highest BCUT2D eigenvalue weighted by Crippen LogP contribution is 2.23. The number of benzene rings is 1. The zero-order valence-corrected chi connectivity index (χ0v) is 12.9. The Hall–Kier alpha value is -0.820. The van der Waals surface area contributed by atoms with E-state index in [0.717, 1.165) is 13.0 Å². The number of rotatable bonds is 5. The number of hydrogen-bond acceptors (Lipinski definition) is 1. The molecule has 0 heterocycles. The smallest absolute Gasteiger partial charge is 0.0112 e. The Labute approximate surface area is 113 Å². The fourth-order valence-corrected chi connectivity index (χ4v) is 2.46. The molecule has 1 aromatic carbocycles. The predicted molar refractivity (Wildman–Crippen MR) is 81.2 cm³/mol. The lowest BCUT2D eigenvalue weighted by Gasteiger charge is -2.27. The fraction of sp³-hybridized carbons (Fsp3) is 0.647. The van der Waals surface area contributed by atoms with Crippen LogP contribution in [0.2, 0.25) is 0 Å². The van der Waals surface area contributed by atoms with Gasteiger partial charge in [-0.15, -0.1) is 0 Å². The van der Waals surface area contributed by atoms with E-state index < -0.39 is 0 Å². The van der Waals surface area contributed by atoms with E-state index in [4.69, 9.17) is 0 Å². The Balaban J connectivity index is 2.73. The molecule has 0 fully saturated rings. The van der Waals surface area contributed by atoms with Crippen LogP contribution < -0.4 is 5.32 Å². The molecule has 0 aliphatic carbocycles. The number of likely N-dealkylation sites (N-methyl/N-ethyl adjacent to an activating group) is 1. The van der Waals surface area contributed by atoms with Gasteiger partial charge in [0.25, 0.3) is 0 Å². The van der Waals surface area contributed by atoms with E-state index in [1.54, 1.807) is 0 Å². The summed E-state index contributed by atoms with van der Waals surface area (Å²) >= 11 is 0. The Morgan fingerprint density at radius 3 is 2.28 bits per heavy atom. The molecule has 1 unspecified atom stereocenters. The Morgan fingerprint density at radius 1 is 1.11 bits per heavy atom. The molecule has 0 spiro atoms. The third kappa shape index (κ3) is 5.22. The van der Waals surface area contributed by atoms with Crippen LogP contribution in [0.4, 0.5) is 0 Å². The molecule has 1 atom stereocenters. The quantitative estimate of drug-likeness (QED) is 0.819. The number of hydrogen-bond donors (Lipinski definition) is 1. The van der Waals surface area contributed by atoms with Crippen LogP contribution in [0.15, 0.2) is 18.2 Å². The molecule has 102 valence electrons. The SMILES string of the molecule is CCNC(Cc1ccc(C)c(C)c1)CC(C)(C)C. The maximum absolute atomic E-state index is 3.62. The predicted octanol–water partition coefficient (Wildman–Crippen LogP) is 4.26. The topological polar surface area (TPSA) is 12.0 Å². The molecule has 1 heteroatoms. The molecule has 1 aromatic rings. The summed E-state index contributed by atoms with van der Waals surface area (Å²) in [6.07, 6.45) is 2.35. The monoisotopic (exact) mass is 247 g/mol. The standard InChI is InChI=1S/C17H29N/c1-7-18-16(12-17(4,5)6)11-15-9-8-13(2)14(3)10-15/h8-10,16,18H,7,11-12H2,1-6H3. The van der Waals surface area contributed by atoms with Crippen molar-refractivity contribution in [2.75, 3.05) is 6.54 Å². The zero-order chi connectivity index (χ0) is 13.8.